The molecule has 0 aliphatic heterocycles. The van der Waals surface area contributed by atoms with Gasteiger partial charge in [0.2, 0.25) is 0 Å². The van der Waals surface area contributed by atoms with Gasteiger partial charge < -0.3 is 15.4 Å². The monoisotopic (exact) mass is 380 g/mol. The van der Waals surface area contributed by atoms with E-state index in [-0.39, 0.29) is 24.0 Å². The Hall–Kier alpha value is -3.48. The van der Waals surface area contributed by atoms with Gasteiger partial charge in [0.1, 0.15) is 28.9 Å². The summed E-state index contributed by atoms with van der Waals surface area (Å²) >= 11 is 0. The summed E-state index contributed by atoms with van der Waals surface area (Å²) in [5.41, 5.74) is 2.13. The maximum Gasteiger partial charge on any atom is 0.270 e. The van der Waals surface area contributed by atoms with Crippen LogP contribution in [0.1, 0.15) is 27.4 Å². The molecule has 0 aliphatic rings. The van der Waals surface area contributed by atoms with E-state index in [0.717, 1.165) is 16.9 Å². The van der Waals surface area contributed by atoms with Crippen molar-refractivity contribution in [2.45, 2.75) is 20.0 Å². The summed E-state index contributed by atoms with van der Waals surface area (Å²) in [4.78, 5) is 20.9. The van der Waals surface area contributed by atoms with E-state index in [9.17, 15) is 9.18 Å². The fourth-order valence-electron chi connectivity index (χ4n) is 2.59. The summed E-state index contributed by atoms with van der Waals surface area (Å²) < 4.78 is 18.1. The molecule has 6 nitrogen and oxygen atoms in total. The van der Waals surface area contributed by atoms with Crippen LogP contribution >= 0.6 is 0 Å². The number of aryl methyl sites for hydroxylation is 1. The molecule has 1 aromatic heterocycles. The van der Waals surface area contributed by atoms with Gasteiger partial charge in [0, 0.05) is 19.2 Å². The van der Waals surface area contributed by atoms with Crippen molar-refractivity contribution in [1.82, 2.24) is 15.3 Å². The first-order valence-corrected chi connectivity index (χ1v) is 8.78. The van der Waals surface area contributed by atoms with Crippen LogP contribution in [0.4, 0.5) is 10.2 Å². The fourth-order valence-corrected chi connectivity index (χ4v) is 2.59. The average molecular weight is 380 g/mol. The Morgan fingerprint density at radius 2 is 1.64 bits per heavy atom. The van der Waals surface area contributed by atoms with Gasteiger partial charge in [-0.25, -0.2) is 14.4 Å². The summed E-state index contributed by atoms with van der Waals surface area (Å²) in [5, 5.41) is 5.98. The molecule has 1 amide bonds. The number of hydrogen-bond donors (Lipinski definition) is 2. The van der Waals surface area contributed by atoms with E-state index in [2.05, 4.69) is 20.6 Å². The van der Waals surface area contributed by atoms with E-state index in [1.54, 1.807) is 32.2 Å². The van der Waals surface area contributed by atoms with Crippen molar-refractivity contribution < 1.29 is 13.9 Å². The van der Waals surface area contributed by atoms with E-state index in [1.165, 1.54) is 12.1 Å². The molecule has 0 saturated heterocycles. The number of carbonyl (C=O) groups is 1. The molecule has 2 N–H and O–H groups in total. The lowest BCUT2D eigenvalue weighted by molar-refractivity contribution is 0.0945. The number of hydrogen-bond acceptors (Lipinski definition) is 5. The first-order valence-electron chi connectivity index (χ1n) is 8.78. The number of anilines is 1. The molecular weight excluding hydrogens is 359 g/mol. The molecule has 144 valence electrons. The molecule has 1 heterocycles. The molecule has 3 rings (SSSR count). The number of nitrogens with one attached hydrogen (secondary N) is 2. The smallest absolute Gasteiger partial charge is 0.270 e. The number of ether oxygens (including phenoxy) is 1. The van der Waals surface area contributed by atoms with Crippen molar-refractivity contribution in [3.8, 4) is 5.75 Å². The number of nitrogens with zero attached hydrogens (tertiary/aromatic N) is 2. The van der Waals surface area contributed by atoms with Crippen LogP contribution in [0.5, 0.6) is 5.75 Å². The lowest BCUT2D eigenvalue weighted by atomic mass is 10.2. The second kappa shape index (κ2) is 8.94. The maximum absolute atomic E-state index is 13.0. The van der Waals surface area contributed by atoms with Crippen LogP contribution in [0.15, 0.2) is 54.6 Å². The van der Waals surface area contributed by atoms with Crippen molar-refractivity contribution >= 4 is 11.7 Å². The molecule has 0 atom stereocenters. The second-order valence-electron chi connectivity index (χ2n) is 6.20. The number of benzene rings is 2. The van der Waals surface area contributed by atoms with Crippen molar-refractivity contribution in [1.29, 1.82) is 0 Å². The number of aromatic nitrogens is 2. The minimum atomic E-state index is -0.317. The number of methoxy groups -OCH3 is 1. The van der Waals surface area contributed by atoms with Crippen LogP contribution in [0.3, 0.4) is 0 Å². The van der Waals surface area contributed by atoms with Crippen LogP contribution < -0.4 is 15.4 Å². The average Bonchev–Trinajstić information content (AvgIpc) is 2.71. The topological polar surface area (TPSA) is 76.1 Å². The number of rotatable bonds is 7. The van der Waals surface area contributed by atoms with Gasteiger partial charge in [0.05, 0.1) is 7.11 Å². The SMILES string of the molecule is COc1ccc(CNc2cc(C(=O)NCc3ccc(F)cc3)nc(C)n2)cc1. The molecule has 3 aromatic rings. The molecule has 0 bridgehead atoms. The van der Waals surface area contributed by atoms with E-state index in [0.29, 0.717) is 18.2 Å². The molecule has 0 spiro atoms. The molecular formula is C21H21FN4O2. The van der Waals surface area contributed by atoms with Gasteiger partial charge in [-0.05, 0) is 42.3 Å². The van der Waals surface area contributed by atoms with Gasteiger partial charge >= 0.3 is 0 Å². The molecule has 0 aliphatic carbocycles. The van der Waals surface area contributed by atoms with Crippen molar-refractivity contribution in [3.63, 3.8) is 0 Å². The molecule has 28 heavy (non-hydrogen) atoms. The summed E-state index contributed by atoms with van der Waals surface area (Å²) in [6, 6.07) is 15.3. The Morgan fingerprint density at radius 1 is 1.00 bits per heavy atom. The molecule has 0 fully saturated rings. The summed E-state index contributed by atoms with van der Waals surface area (Å²) in [5.74, 6) is 1.22. The maximum atomic E-state index is 13.0. The van der Waals surface area contributed by atoms with Crippen LogP contribution in [-0.2, 0) is 13.1 Å². The van der Waals surface area contributed by atoms with Gasteiger partial charge in [-0.3, -0.25) is 4.79 Å². The zero-order chi connectivity index (χ0) is 19.9. The highest BCUT2D eigenvalue weighted by atomic mass is 19.1. The number of carbonyl (C=O) groups excluding carboxylic acids is 1. The Morgan fingerprint density at radius 3 is 2.32 bits per heavy atom. The zero-order valence-corrected chi connectivity index (χ0v) is 15.7. The molecule has 7 heteroatoms. The largest absolute Gasteiger partial charge is 0.497 e. The lowest BCUT2D eigenvalue weighted by Crippen LogP contribution is -2.24. The van der Waals surface area contributed by atoms with Gasteiger partial charge in [-0.15, -0.1) is 0 Å². The summed E-state index contributed by atoms with van der Waals surface area (Å²) in [6.07, 6.45) is 0. The van der Waals surface area contributed by atoms with Crippen LogP contribution in [0, 0.1) is 12.7 Å². The minimum absolute atomic E-state index is 0.270. The first kappa shape index (κ1) is 19.3. The third-order valence-corrected chi connectivity index (χ3v) is 4.07. The van der Waals surface area contributed by atoms with Crippen molar-refractivity contribution in [3.05, 3.63) is 83.1 Å². The third-order valence-electron chi connectivity index (χ3n) is 4.07. The number of amides is 1. The highest BCUT2D eigenvalue weighted by Crippen LogP contribution is 2.13. The fraction of sp³-hybridized carbons (Fsp3) is 0.190. The summed E-state index contributed by atoms with van der Waals surface area (Å²) in [7, 11) is 1.62. The second-order valence-corrected chi connectivity index (χ2v) is 6.20. The third kappa shape index (κ3) is 5.26. The first-order chi connectivity index (χ1) is 13.5. The standard InChI is InChI=1S/C21H21FN4O2/c1-14-25-19(21(27)24-13-15-3-7-17(22)8-4-15)11-20(26-14)23-12-16-5-9-18(28-2)10-6-16/h3-11H,12-13H2,1-2H3,(H,24,27)(H,23,25,26). The highest BCUT2D eigenvalue weighted by molar-refractivity contribution is 5.92. The zero-order valence-electron chi connectivity index (χ0n) is 15.7. The van der Waals surface area contributed by atoms with E-state index in [4.69, 9.17) is 4.74 Å². The molecule has 0 radical (unpaired) electrons. The van der Waals surface area contributed by atoms with E-state index in [1.807, 2.05) is 24.3 Å². The van der Waals surface area contributed by atoms with E-state index < -0.39 is 0 Å². The Bertz CT molecular complexity index is 944. The Labute approximate surface area is 162 Å². The van der Waals surface area contributed by atoms with Crippen molar-refractivity contribution in [2.24, 2.45) is 0 Å². The quantitative estimate of drug-likeness (QED) is 0.656. The highest BCUT2D eigenvalue weighted by Gasteiger charge is 2.10. The number of halogens is 1. The lowest BCUT2D eigenvalue weighted by Gasteiger charge is -2.10. The Balaban J connectivity index is 1.62. The van der Waals surface area contributed by atoms with Gasteiger partial charge in [-0.1, -0.05) is 24.3 Å². The molecule has 0 unspecified atom stereocenters. The van der Waals surface area contributed by atoms with Crippen LogP contribution in [0.25, 0.3) is 0 Å². The summed E-state index contributed by atoms with van der Waals surface area (Å²) in [6.45, 7) is 2.57. The van der Waals surface area contributed by atoms with Crippen LogP contribution in [0.2, 0.25) is 0 Å². The molecule has 2 aromatic carbocycles. The predicted octanol–water partition coefficient (Wildman–Crippen LogP) is 3.47. The predicted molar refractivity (Wildman–Crippen MR) is 105 cm³/mol. The minimum Gasteiger partial charge on any atom is -0.497 e. The Kier molecular flexibility index (Phi) is 6.16. The van der Waals surface area contributed by atoms with Gasteiger partial charge in [0.15, 0.2) is 0 Å². The van der Waals surface area contributed by atoms with Gasteiger partial charge in [-0.2, -0.15) is 0 Å². The van der Waals surface area contributed by atoms with E-state index >= 15 is 0 Å². The van der Waals surface area contributed by atoms with Gasteiger partial charge in [0.25, 0.3) is 5.91 Å². The van der Waals surface area contributed by atoms with Crippen molar-refractivity contribution in [2.75, 3.05) is 12.4 Å². The normalized spacial score (nSPS) is 10.4. The van der Waals surface area contributed by atoms with Crippen LogP contribution in [-0.4, -0.2) is 23.0 Å². The molecule has 0 saturated carbocycles.